The van der Waals surface area contributed by atoms with Gasteiger partial charge in [-0.1, -0.05) is 121 Å². The molecule has 0 bridgehead atoms. The van der Waals surface area contributed by atoms with Crippen LogP contribution >= 0.6 is 19.6 Å². The first kappa shape index (κ1) is 48.5. The topological polar surface area (TPSA) is 142 Å². The van der Waals surface area contributed by atoms with Gasteiger partial charge in [-0.2, -0.15) is 0 Å². The molecular weight excluding hydrogens is 613 g/mol. The van der Waals surface area contributed by atoms with Crippen molar-refractivity contribution in [3.05, 3.63) is 0 Å². The van der Waals surface area contributed by atoms with Crippen molar-refractivity contribution >= 4 is 36.6 Å². The number of thioether (sulfide) groups is 1. The van der Waals surface area contributed by atoms with Gasteiger partial charge in [-0.3, -0.25) is 14.4 Å². The second-order valence-corrected chi connectivity index (χ2v) is 13.2. The van der Waals surface area contributed by atoms with Gasteiger partial charge in [0.2, 0.25) is 0 Å². The molecule has 0 radical (unpaired) electrons. The molecule has 43 heavy (non-hydrogen) atoms. The third kappa shape index (κ3) is 39.2. The monoisotopic (exact) mass is 668 g/mol. The van der Waals surface area contributed by atoms with E-state index in [0.29, 0.717) is 12.8 Å². The zero-order valence-electron chi connectivity index (χ0n) is 27.6. The van der Waals surface area contributed by atoms with Crippen LogP contribution < -0.4 is 68.9 Å². The van der Waals surface area contributed by atoms with E-state index in [9.17, 15) is 28.7 Å². The first-order valence-corrected chi connectivity index (χ1v) is 18.2. The predicted molar refractivity (Wildman–Crippen MR) is 160 cm³/mol. The molecule has 0 amide bonds. The molecule has 0 unspecified atom stereocenters. The Labute approximate surface area is 309 Å². The van der Waals surface area contributed by atoms with Crippen molar-refractivity contribution in [1.29, 1.82) is 0 Å². The summed E-state index contributed by atoms with van der Waals surface area (Å²) < 4.78 is 25.5. The molecular formula is C30H55Na2O9PS. The largest absolute Gasteiger partial charge is 1.00 e. The van der Waals surface area contributed by atoms with Gasteiger partial charge in [-0.25, -0.2) is 0 Å². The number of rotatable bonds is 29. The summed E-state index contributed by atoms with van der Waals surface area (Å²) in [6.45, 7) is 2.77. The van der Waals surface area contributed by atoms with Gasteiger partial charge in [0.15, 0.2) is 11.2 Å². The maximum Gasteiger partial charge on any atom is 1.00 e. The summed E-state index contributed by atoms with van der Waals surface area (Å²) in [5.41, 5.74) is 0. The summed E-state index contributed by atoms with van der Waals surface area (Å²) >= 11 is 1.40. The molecule has 242 valence electrons. The molecule has 0 aromatic heterocycles. The molecule has 0 fully saturated rings. The zero-order valence-corrected chi connectivity index (χ0v) is 33.3. The van der Waals surface area contributed by atoms with Crippen LogP contribution in [0.2, 0.25) is 0 Å². The van der Waals surface area contributed by atoms with E-state index in [1.165, 1.54) is 76.0 Å². The fourth-order valence-corrected chi connectivity index (χ4v) is 5.36. The Balaban J connectivity index is -0.00000800. The van der Waals surface area contributed by atoms with E-state index in [4.69, 9.17) is 9.47 Å². The molecule has 0 rings (SSSR count). The van der Waals surface area contributed by atoms with Crippen LogP contribution in [0.4, 0.5) is 0 Å². The summed E-state index contributed by atoms with van der Waals surface area (Å²) in [4.78, 5) is 56.9. The van der Waals surface area contributed by atoms with E-state index in [-0.39, 0.29) is 83.7 Å². The zero-order chi connectivity index (χ0) is 30.6. The van der Waals surface area contributed by atoms with E-state index in [0.717, 1.165) is 50.7 Å². The van der Waals surface area contributed by atoms with E-state index < -0.39 is 32.5 Å². The molecule has 13 heteroatoms. The van der Waals surface area contributed by atoms with Crippen LogP contribution in [0.15, 0.2) is 0 Å². The van der Waals surface area contributed by atoms with Crippen LogP contribution in [0.5, 0.6) is 0 Å². The first-order chi connectivity index (χ1) is 19.6. The van der Waals surface area contributed by atoms with Gasteiger partial charge in [0.25, 0.3) is 0 Å². The smallest absolute Gasteiger partial charge is 0.790 e. The van der Waals surface area contributed by atoms with Crippen LogP contribution in [0.3, 0.4) is 0 Å². The Bertz CT molecular complexity index is 726. The second-order valence-electron chi connectivity index (χ2n) is 10.7. The number of esters is 2. The van der Waals surface area contributed by atoms with Crippen molar-refractivity contribution in [1.82, 2.24) is 0 Å². The van der Waals surface area contributed by atoms with Crippen LogP contribution in [0.1, 0.15) is 149 Å². The molecule has 0 N–H and O–H groups in total. The van der Waals surface area contributed by atoms with Gasteiger partial charge in [0, 0.05) is 25.5 Å². The summed E-state index contributed by atoms with van der Waals surface area (Å²) in [5, 5.41) is 0.186. The standard InChI is InChI=1S/C30H57O9PS.2Na/c1-3-4-5-6-7-10-14-17-20-23-30(33)39-28(26-38-40(34,35)36)25-37-29(32)22-19-16-13-11-8-9-12-15-18-21-24-41-27(2)31;;/h28H,3-26H2,1-2H3,(H2,34,35,36);;/q;2*+1/p-2/t28-;;/m1../s1. The van der Waals surface area contributed by atoms with Gasteiger partial charge in [-0.05, 0) is 19.3 Å². The minimum absolute atomic E-state index is 0. The number of hydrogen-bond donors (Lipinski definition) is 0. The number of ether oxygens (including phenoxy) is 2. The van der Waals surface area contributed by atoms with E-state index in [2.05, 4.69) is 11.4 Å². The Morgan fingerprint density at radius 1 is 0.651 bits per heavy atom. The van der Waals surface area contributed by atoms with Crippen molar-refractivity contribution in [3.63, 3.8) is 0 Å². The van der Waals surface area contributed by atoms with E-state index in [1.54, 1.807) is 6.92 Å². The molecule has 0 heterocycles. The molecule has 0 aliphatic carbocycles. The van der Waals surface area contributed by atoms with Crippen molar-refractivity contribution < 1.29 is 102 Å². The van der Waals surface area contributed by atoms with Crippen molar-refractivity contribution in [2.24, 2.45) is 0 Å². The maximum atomic E-state index is 12.2. The van der Waals surface area contributed by atoms with E-state index in [1.807, 2.05) is 0 Å². The van der Waals surface area contributed by atoms with Gasteiger partial charge in [-0.15, -0.1) is 0 Å². The molecule has 0 saturated heterocycles. The summed E-state index contributed by atoms with van der Waals surface area (Å²) in [7, 11) is -5.24. The van der Waals surface area contributed by atoms with Gasteiger partial charge in [0.05, 0.1) is 14.4 Å². The molecule has 0 aromatic carbocycles. The van der Waals surface area contributed by atoms with Crippen LogP contribution in [0.25, 0.3) is 0 Å². The summed E-state index contributed by atoms with van der Waals surface area (Å²) in [5.74, 6) is -0.0735. The predicted octanol–water partition coefficient (Wildman–Crippen LogP) is 0.786. The normalized spacial score (nSPS) is 11.7. The molecule has 1 atom stereocenters. The average Bonchev–Trinajstić information content (AvgIpc) is 2.91. The number of phosphoric acid groups is 1. The minimum Gasteiger partial charge on any atom is -0.790 e. The van der Waals surface area contributed by atoms with E-state index >= 15 is 0 Å². The van der Waals surface area contributed by atoms with Gasteiger partial charge in [0.1, 0.15) is 6.61 Å². The second kappa shape index (κ2) is 34.4. The number of unbranched alkanes of at least 4 members (excludes halogenated alkanes) is 17. The van der Waals surface area contributed by atoms with Gasteiger partial charge < -0.3 is 28.3 Å². The fraction of sp³-hybridized carbons (Fsp3) is 0.900. The van der Waals surface area contributed by atoms with Gasteiger partial charge >= 0.3 is 71.1 Å². The van der Waals surface area contributed by atoms with Crippen molar-refractivity contribution in [2.45, 2.75) is 155 Å². The number of carbonyl (C=O) groups excluding carboxylic acids is 3. The minimum atomic E-state index is -5.24. The van der Waals surface area contributed by atoms with Crippen LogP contribution in [0, 0.1) is 0 Å². The summed E-state index contributed by atoms with van der Waals surface area (Å²) in [6, 6.07) is 0. The molecule has 9 nitrogen and oxygen atoms in total. The number of carbonyl (C=O) groups is 3. The Morgan fingerprint density at radius 3 is 1.51 bits per heavy atom. The molecule has 0 spiro atoms. The fourth-order valence-electron chi connectivity index (χ4n) is 4.37. The Kier molecular flexibility index (Phi) is 38.8. The molecule has 0 aromatic rings. The number of hydrogen-bond acceptors (Lipinski definition) is 10. The number of phosphoric ester groups is 1. The maximum absolute atomic E-state index is 12.2. The Morgan fingerprint density at radius 2 is 1.07 bits per heavy atom. The Hall–Kier alpha value is 1.07. The van der Waals surface area contributed by atoms with Crippen molar-refractivity contribution in [3.8, 4) is 0 Å². The van der Waals surface area contributed by atoms with Crippen LogP contribution in [-0.2, 0) is 32.9 Å². The quantitative estimate of drug-likeness (QED) is 0.0486. The average molecular weight is 669 g/mol. The van der Waals surface area contributed by atoms with Crippen LogP contribution in [-0.4, -0.2) is 42.1 Å². The molecule has 0 aliphatic heterocycles. The third-order valence-electron chi connectivity index (χ3n) is 6.71. The molecule has 0 aliphatic rings. The molecule has 0 saturated carbocycles. The van der Waals surface area contributed by atoms with Crippen molar-refractivity contribution in [2.75, 3.05) is 19.0 Å². The first-order valence-electron chi connectivity index (χ1n) is 15.8. The summed E-state index contributed by atoms with van der Waals surface area (Å²) in [6.07, 6.45) is 20.0. The third-order valence-corrected chi connectivity index (χ3v) is 8.08. The SMILES string of the molecule is CCCCCCCCCCCC(=O)O[C@H](COC(=O)CCCCCCCCCCCCSC(C)=O)COP(=O)([O-])[O-].[Na+].[Na+].